The molecule has 0 aliphatic carbocycles. The molecule has 11 nitrogen and oxygen atoms in total. The van der Waals surface area contributed by atoms with Crippen LogP contribution in [0, 0.1) is 18.3 Å². The average Bonchev–Trinajstić information content (AvgIpc) is 3.63. The molecule has 6 rings (SSSR count). The highest BCUT2D eigenvalue weighted by Gasteiger charge is 2.38. The quantitative estimate of drug-likeness (QED) is 0.402. The van der Waals surface area contributed by atoms with Crippen LogP contribution >= 0.6 is 0 Å². The molecule has 4 aromatic rings. The second kappa shape index (κ2) is 9.46. The Hall–Kier alpha value is -4.43. The Bertz CT molecular complexity index is 1530. The molecule has 0 aromatic carbocycles. The molecule has 194 valence electrons. The van der Waals surface area contributed by atoms with Gasteiger partial charge < -0.3 is 15.3 Å². The second-order valence-electron chi connectivity index (χ2n) is 10.1. The van der Waals surface area contributed by atoms with Crippen LogP contribution in [0.4, 0.5) is 10.5 Å². The molecule has 0 spiro atoms. The first kappa shape index (κ1) is 23.9. The predicted molar refractivity (Wildman–Crippen MR) is 141 cm³/mol. The zero-order valence-electron chi connectivity index (χ0n) is 21.3. The highest BCUT2D eigenvalue weighted by Crippen LogP contribution is 2.34. The Kier molecular flexibility index (Phi) is 5.96. The lowest BCUT2D eigenvalue weighted by molar-refractivity contribution is 0.0546. The molecular formula is C27H29N9O2. The monoisotopic (exact) mass is 511 g/mol. The number of carbonyl (C=O) groups is 1. The molecule has 0 bridgehead atoms. The van der Waals surface area contributed by atoms with Gasteiger partial charge in [0, 0.05) is 61.4 Å². The van der Waals surface area contributed by atoms with Gasteiger partial charge in [0.2, 0.25) is 0 Å². The molecule has 0 saturated carbocycles. The van der Waals surface area contributed by atoms with E-state index in [-0.39, 0.29) is 18.1 Å². The van der Waals surface area contributed by atoms with Crippen LogP contribution < -0.4 is 5.32 Å². The second-order valence-corrected chi connectivity index (χ2v) is 10.1. The van der Waals surface area contributed by atoms with Crippen molar-refractivity contribution in [1.82, 2.24) is 34.2 Å². The maximum absolute atomic E-state index is 11.3. The van der Waals surface area contributed by atoms with Crippen LogP contribution in [-0.4, -0.2) is 77.6 Å². The summed E-state index contributed by atoms with van der Waals surface area (Å²) in [5.41, 5.74) is 5.96. The average molecular weight is 512 g/mol. The van der Waals surface area contributed by atoms with E-state index in [0.717, 1.165) is 53.2 Å². The van der Waals surface area contributed by atoms with Gasteiger partial charge in [-0.15, -0.1) is 0 Å². The molecular weight excluding hydrogens is 482 g/mol. The maximum Gasteiger partial charge on any atom is 0.407 e. The zero-order valence-corrected chi connectivity index (χ0v) is 21.3. The van der Waals surface area contributed by atoms with Gasteiger partial charge in [-0.25, -0.2) is 9.31 Å². The Morgan fingerprint density at radius 2 is 2.05 bits per heavy atom. The summed E-state index contributed by atoms with van der Waals surface area (Å²) in [4.78, 5) is 19.6. The first-order valence-corrected chi connectivity index (χ1v) is 12.8. The lowest BCUT2D eigenvalue weighted by atomic mass is 10.0. The van der Waals surface area contributed by atoms with E-state index in [4.69, 9.17) is 5.10 Å². The van der Waals surface area contributed by atoms with Crippen molar-refractivity contribution in [3.05, 3.63) is 66.0 Å². The van der Waals surface area contributed by atoms with Gasteiger partial charge >= 0.3 is 6.09 Å². The normalized spacial score (nSPS) is 18.9. The Morgan fingerprint density at radius 3 is 2.76 bits per heavy atom. The van der Waals surface area contributed by atoms with Crippen molar-refractivity contribution in [3.8, 4) is 17.2 Å². The van der Waals surface area contributed by atoms with E-state index in [0.29, 0.717) is 18.7 Å². The van der Waals surface area contributed by atoms with Gasteiger partial charge in [-0.1, -0.05) is 6.07 Å². The van der Waals surface area contributed by atoms with Crippen molar-refractivity contribution in [3.63, 3.8) is 0 Å². The summed E-state index contributed by atoms with van der Waals surface area (Å²) < 4.78 is 3.82. The predicted octanol–water partition coefficient (Wildman–Crippen LogP) is 3.56. The van der Waals surface area contributed by atoms with E-state index in [1.165, 1.54) is 4.90 Å². The minimum absolute atomic E-state index is 0.0749. The van der Waals surface area contributed by atoms with E-state index in [2.05, 4.69) is 44.0 Å². The molecule has 2 aliphatic rings. The molecule has 2 fully saturated rings. The van der Waals surface area contributed by atoms with Gasteiger partial charge in [0.1, 0.15) is 11.6 Å². The molecule has 6 heterocycles. The first-order chi connectivity index (χ1) is 18.4. The van der Waals surface area contributed by atoms with Gasteiger partial charge in [-0.05, 0) is 38.5 Å². The number of carboxylic acid groups (broad SMARTS) is 1. The number of fused-ring (bicyclic) bond motifs is 1. The van der Waals surface area contributed by atoms with Crippen molar-refractivity contribution >= 4 is 17.3 Å². The summed E-state index contributed by atoms with van der Waals surface area (Å²) in [7, 11) is 0. The lowest BCUT2D eigenvalue weighted by Gasteiger charge is -2.43. The Morgan fingerprint density at radius 1 is 1.21 bits per heavy atom. The number of hydrogen-bond donors (Lipinski definition) is 2. The SMILES string of the molecule is Cc1c(-c2cc(NC(C)c3ccccn3)c3c(C#N)cnn3c2)cnn1C1CN([C@H]2CCN(C(=O)O)C2)C1. The van der Waals surface area contributed by atoms with Gasteiger partial charge in [0.25, 0.3) is 0 Å². The van der Waals surface area contributed by atoms with E-state index < -0.39 is 6.09 Å². The molecule has 38 heavy (non-hydrogen) atoms. The fraction of sp³-hybridized carbons (Fsp3) is 0.370. The molecule has 2 atom stereocenters. The van der Waals surface area contributed by atoms with Crippen molar-refractivity contribution in [1.29, 1.82) is 5.26 Å². The van der Waals surface area contributed by atoms with Crippen LogP contribution in [0.2, 0.25) is 0 Å². The summed E-state index contributed by atoms with van der Waals surface area (Å²) in [6.07, 6.45) is 7.23. The Balaban J connectivity index is 1.26. The van der Waals surface area contributed by atoms with Crippen LogP contribution in [0.15, 0.2) is 49.1 Å². The van der Waals surface area contributed by atoms with Crippen LogP contribution in [0.5, 0.6) is 0 Å². The minimum atomic E-state index is -0.837. The summed E-state index contributed by atoms with van der Waals surface area (Å²) in [6.45, 7) is 7.01. The number of anilines is 1. The van der Waals surface area contributed by atoms with Gasteiger partial charge in [-0.2, -0.15) is 15.5 Å². The lowest BCUT2D eigenvalue weighted by Crippen LogP contribution is -2.54. The third kappa shape index (κ3) is 4.13. The molecule has 2 saturated heterocycles. The molecule has 4 aromatic heterocycles. The summed E-state index contributed by atoms with van der Waals surface area (Å²) in [5, 5.41) is 31.6. The van der Waals surface area contributed by atoms with Gasteiger partial charge in [0.15, 0.2) is 0 Å². The number of amides is 1. The largest absolute Gasteiger partial charge is 0.465 e. The van der Waals surface area contributed by atoms with E-state index >= 15 is 0 Å². The number of aromatic nitrogens is 5. The molecule has 0 radical (unpaired) electrons. The van der Waals surface area contributed by atoms with Gasteiger partial charge in [0.05, 0.1) is 41.4 Å². The number of nitriles is 1. The fourth-order valence-corrected chi connectivity index (χ4v) is 5.63. The summed E-state index contributed by atoms with van der Waals surface area (Å²) >= 11 is 0. The third-order valence-corrected chi connectivity index (χ3v) is 7.78. The number of pyridine rings is 2. The minimum Gasteiger partial charge on any atom is -0.465 e. The number of likely N-dealkylation sites (tertiary alicyclic amines) is 2. The van der Waals surface area contributed by atoms with Crippen LogP contribution in [0.3, 0.4) is 0 Å². The number of nitrogens with zero attached hydrogens (tertiary/aromatic N) is 8. The standard InChI is InChI=1S/C27H29N9O2/c1-17(24-5-3-4-7-29-24)32-25-9-19(13-35-26(25)20(10-28)11-30-35)23-12-31-36(18(23)2)22-15-34(16-22)21-6-8-33(14-21)27(37)38/h3-5,7,9,11-13,17,21-22,32H,6,8,14-16H2,1-2H3,(H,37,38)/t17?,21-/m0/s1. The van der Waals surface area contributed by atoms with Gasteiger partial charge in [-0.3, -0.25) is 14.6 Å². The molecule has 11 heteroatoms. The molecule has 2 N–H and O–H groups in total. The molecule has 2 aliphatic heterocycles. The van der Waals surface area contributed by atoms with E-state index in [1.54, 1.807) is 16.9 Å². The number of hydrogen-bond acceptors (Lipinski definition) is 7. The van der Waals surface area contributed by atoms with Crippen molar-refractivity contribution in [2.75, 3.05) is 31.5 Å². The topological polar surface area (TPSA) is 128 Å². The van der Waals surface area contributed by atoms with Crippen molar-refractivity contribution < 1.29 is 9.90 Å². The van der Waals surface area contributed by atoms with Crippen molar-refractivity contribution in [2.24, 2.45) is 0 Å². The fourth-order valence-electron chi connectivity index (χ4n) is 5.63. The summed E-state index contributed by atoms with van der Waals surface area (Å²) in [6, 6.07) is 10.6. The van der Waals surface area contributed by atoms with Crippen molar-refractivity contribution in [2.45, 2.75) is 38.4 Å². The van der Waals surface area contributed by atoms with E-state index in [9.17, 15) is 15.2 Å². The van der Waals surface area contributed by atoms with Crippen LogP contribution in [0.1, 0.15) is 42.4 Å². The molecule has 1 amide bonds. The van der Waals surface area contributed by atoms with Crippen LogP contribution in [0.25, 0.3) is 16.6 Å². The number of nitrogens with one attached hydrogen (secondary N) is 1. The maximum atomic E-state index is 11.3. The molecule has 1 unspecified atom stereocenters. The zero-order chi connectivity index (χ0) is 26.4. The van der Waals surface area contributed by atoms with Crippen LogP contribution in [-0.2, 0) is 0 Å². The smallest absolute Gasteiger partial charge is 0.407 e. The summed E-state index contributed by atoms with van der Waals surface area (Å²) in [5.74, 6) is 0. The Labute approximate surface area is 219 Å². The highest BCUT2D eigenvalue weighted by molar-refractivity contribution is 5.83. The van der Waals surface area contributed by atoms with E-state index in [1.807, 2.05) is 37.5 Å². The highest BCUT2D eigenvalue weighted by atomic mass is 16.4. The first-order valence-electron chi connectivity index (χ1n) is 12.8. The number of rotatable bonds is 6. The third-order valence-electron chi connectivity index (χ3n) is 7.78.